The first-order valence-electron chi connectivity index (χ1n) is 5.88. The summed E-state index contributed by atoms with van der Waals surface area (Å²) < 4.78 is 1.15. The molecule has 17 heavy (non-hydrogen) atoms. The van der Waals surface area contributed by atoms with E-state index < -0.39 is 0 Å². The molecule has 1 aliphatic heterocycles. The summed E-state index contributed by atoms with van der Waals surface area (Å²) in [5.74, 6) is 0.141. The van der Waals surface area contributed by atoms with Gasteiger partial charge in [0.2, 0.25) is 0 Å². The number of rotatable bonds is 1. The third-order valence-corrected chi connectivity index (χ3v) is 3.84. The van der Waals surface area contributed by atoms with E-state index in [1.54, 1.807) is 0 Å². The van der Waals surface area contributed by atoms with Crippen LogP contribution in [0.1, 0.15) is 24.2 Å². The fourth-order valence-corrected chi connectivity index (χ4v) is 2.42. The van der Waals surface area contributed by atoms with E-state index in [-0.39, 0.29) is 11.9 Å². The maximum Gasteiger partial charge on any atom is 0.254 e. The van der Waals surface area contributed by atoms with Gasteiger partial charge in [0.25, 0.3) is 5.91 Å². The minimum absolute atomic E-state index is 0.141. The summed E-state index contributed by atoms with van der Waals surface area (Å²) in [7, 11) is 0. The van der Waals surface area contributed by atoms with Crippen molar-refractivity contribution in [3.05, 3.63) is 33.4 Å². The van der Waals surface area contributed by atoms with Gasteiger partial charge in [0.05, 0.1) is 0 Å². The highest BCUT2D eigenvalue weighted by atomic mass is 127. The average Bonchev–Trinajstić information content (AvgIpc) is 2.32. The second-order valence-electron chi connectivity index (χ2n) is 4.62. The van der Waals surface area contributed by atoms with Crippen LogP contribution in [0.4, 0.5) is 0 Å². The fourth-order valence-electron chi connectivity index (χ4n) is 2.06. The van der Waals surface area contributed by atoms with Gasteiger partial charge in [0, 0.05) is 34.3 Å². The molecule has 2 atom stereocenters. The van der Waals surface area contributed by atoms with Crippen molar-refractivity contribution in [2.24, 2.45) is 0 Å². The van der Waals surface area contributed by atoms with Crippen molar-refractivity contribution < 1.29 is 4.79 Å². The number of nitrogens with one attached hydrogen (secondary N) is 1. The van der Waals surface area contributed by atoms with Crippen molar-refractivity contribution in [1.29, 1.82) is 0 Å². The molecule has 92 valence electrons. The first kappa shape index (κ1) is 12.8. The normalized spacial score (nSPS) is 24.8. The van der Waals surface area contributed by atoms with E-state index in [1.807, 2.05) is 29.2 Å². The van der Waals surface area contributed by atoms with Gasteiger partial charge >= 0.3 is 0 Å². The van der Waals surface area contributed by atoms with Crippen LogP contribution in [0.3, 0.4) is 0 Å². The predicted octanol–water partition coefficient (Wildman–Crippen LogP) is 2.11. The van der Waals surface area contributed by atoms with Crippen LogP contribution < -0.4 is 5.32 Å². The largest absolute Gasteiger partial charge is 0.333 e. The van der Waals surface area contributed by atoms with E-state index in [1.165, 1.54) is 0 Å². The molecule has 0 radical (unpaired) electrons. The lowest BCUT2D eigenvalue weighted by molar-refractivity contribution is 0.0616. The van der Waals surface area contributed by atoms with E-state index in [0.29, 0.717) is 6.04 Å². The van der Waals surface area contributed by atoms with E-state index in [2.05, 4.69) is 41.8 Å². The summed E-state index contributed by atoms with van der Waals surface area (Å²) in [6.07, 6.45) is 0. The van der Waals surface area contributed by atoms with Crippen molar-refractivity contribution >= 4 is 28.5 Å². The van der Waals surface area contributed by atoms with Gasteiger partial charge in [-0.15, -0.1) is 0 Å². The molecule has 2 unspecified atom stereocenters. The zero-order valence-corrected chi connectivity index (χ0v) is 12.3. The Morgan fingerprint density at radius 1 is 1.35 bits per heavy atom. The molecule has 3 nitrogen and oxygen atoms in total. The second kappa shape index (κ2) is 5.35. The van der Waals surface area contributed by atoms with E-state index in [9.17, 15) is 4.79 Å². The van der Waals surface area contributed by atoms with Crippen molar-refractivity contribution in [2.45, 2.75) is 25.9 Å². The highest BCUT2D eigenvalue weighted by molar-refractivity contribution is 14.1. The third-order valence-electron chi connectivity index (χ3n) is 3.12. The molecule has 1 aromatic rings. The van der Waals surface area contributed by atoms with Gasteiger partial charge in [0.1, 0.15) is 0 Å². The van der Waals surface area contributed by atoms with Gasteiger partial charge in [-0.3, -0.25) is 4.79 Å². The number of hydrogen-bond donors (Lipinski definition) is 1. The molecule has 1 heterocycles. The van der Waals surface area contributed by atoms with Gasteiger partial charge in [-0.1, -0.05) is 0 Å². The second-order valence-corrected chi connectivity index (χ2v) is 5.87. The molecule has 1 N–H and O–H groups in total. The molecule has 0 aromatic heterocycles. The van der Waals surface area contributed by atoms with Crippen molar-refractivity contribution in [3.8, 4) is 0 Å². The number of carbonyl (C=O) groups excluding carboxylic acids is 1. The number of carbonyl (C=O) groups is 1. The summed E-state index contributed by atoms with van der Waals surface area (Å²) in [4.78, 5) is 14.3. The van der Waals surface area contributed by atoms with Crippen LogP contribution in [0, 0.1) is 3.57 Å². The Balaban J connectivity index is 2.15. The maximum absolute atomic E-state index is 12.4. The monoisotopic (exact) mass is 344 g/mol. The minimum atomic E-state index is 0.141. The number of piperazine rings is 1. The zero-order chi connectivity index (χ0) is 12.4. The number of halogens is 1. The van der Waals surface area contributed by atoms with Gasteiger partial charge in [0.15, 0.2) is 0 Å². The topological polar surface area (TPSA) is 32.3 Å². The lowest BCUT2D eigenvalue weighted by Crippen LogP contribution is -2.56. The maximum atomic E-state index is 12.4. The van der Waals surface area contributed by atoms with E-state index in [4.69, 9.17) is 0 Å². The highest BCUT2D eigenvalue weighted by Gasteiger charge is 2.27. The third kappa shape index (κ3) is 2.98. The van der Waals surface area contributed by atoms with Crippen LogP contribution in [-0.4, -0.2) is 36.0 Å². The van der Waals surface area contributed by atoms with Crippen LogP contribution >= 0.6 is 22.6 Å². The molecule has 1 amide bonds. The SMILES string of the molecule is CC1CN(C(=O)c2ccc(I)cc2)C(C)CN1. The molecule has 1 fully saturated rings. The van der Waals surface area contributed by atoms with Crippen molar-refractivity contribution in [2.75, 3.05) is 13.1 Å². The Bertz CT molecular complexity index is 404. The summed E-state index contributed by atoms with van der Waals surface area (Å²) in [5.41, 5.74) is 0.784. The Morgan fingerprint density at radius 2 is 2.00 bits per heavy atom. The number of benzene rings is 1. The molecule has 0 bridgehead atoms. The lowest BCUT2D eigenvalue weighted by Gasteiger charge is -2.37. The van der Waals surface area contributed by atoms with Crippen LogP contribution in [0.15, 0.2) is 24.3 Å². The lowest BCUT2D eigenvalue weighted by atomic mass is 10.1. The van der Waals surface area contributed by atoms with Gasteiger partial charge in [-0.05, 0) is 60.7 Å². The molecule has 0 spiro atoms. The van der Waals surface area contributed by atoms with Crippen molar-refractivity contribution in [1.82, 2.24) is 10.2 Å². The van der Waals surface area contributed by atoms with E-state index in [0.717, 1.165) is 22.2 Å². The quantitative estimate of drug-likeness (QED) is 0.792. The Labute approximate surface area is 116 Å². The number of hydrogen-bond acceptors (Lipinski definition) is 2. The standard InChI is InChI=1S/C13H17IN2O/c1-9-8-16(10(2)7-15-9)13(17)11-3-5-12(14)6-4-11/h3-6,9-10,15H,7-8H2,1-2H3. The molecule has 1 aliphatic rings. The predicted molar refractivity (Wildman–Crippen MR) is 77.1 cm³/mol. The van der Waals surface area contributed by atoms with Gasteiger partial charge in [-0.25, -0.2) is 0 Å². The van der Waals surface area contributed by atoms with Crippen LogP contribution in [0.25, 0.3) is 0 Å². The van der Waals surface area contributed by atoms with E-state index >= 15 is 0 Å². The first-order chi connectivity index (χ1) is 8.08. The average molecular weight is 344 g/mol. The summed E-state index contributed by atoms with van der Waals surface area (Å²) >= 11 is 2.25. The van der Waals surface area contributed by atoms with Gasteiger partial charge in [-0.2, -0.15) is 0 Å². The van der Waals surface area contributed by atoms with Crippen LogP contribution in [-0.2, 0) is 0 Å². The minimum Gasteiger partial charge on any atom is -0.333 e. The molecule has 1 saturated heterocycles. The zero-order valence-electron chi connectivity index (χ0n) is 10.1. The molecular formula is C13H17IN2O. The first-order valence-corrected chi connectivity index (χ1v) is 6.95. The summed E-state index contributed by atoms with van der Waals surface area (Å²) in [6, 6.07) is 8.40. The van der Waals surface area contributed by atoms with Crippen LogP contribution in [0.5, 0.6) is 0 Å². The smallest absolute Gasteiger partial charge is 0.254 e. The number of amides is 1. The molecule has 1 aromatic carbocycles. The van der Waals surface area contributed by atoms with Crippen molar-refractivity contribution in [3.63, 3.8) is 0 Å². The number of nitrogens with zero attached hydrogens (tertiary/aromatic N) is 1. The highest BCUT2D eigenvalue weighted by Crippen LogP contribution is 2.14. The Hall–Kier alpha value is -0.620. The molecule has 2 rings (SSSR count). The summed E-state index contributed by atoms with van der Waals surface area (Å²) in [5, 5.41) is 3.38. The van der Waals surface area contributed by atoms with Gasteiger partial charge < -0.3 is 10.2 Å². The Morgan fingerprint density at radius 3 is 2.65 bits per heavy atom. The summed E-state index contributed by atoms with van der Waals surface area (Å²) in [6.45, 7) is 5.85. The Kier molecular flexibility index (Phi) is 4.04. The fraction of sp³-hybridized carbons (Fsp3) is 0.462. The molecule has 0 saturated carbocycles. The molecule has 0 aliphatic carbocycles. The van der Waals surface area contributed by atoms with Crippen LogP contribution in [0.2, 0.25) is 0 Å². The molecule has 4 heteroatoms. The molecular weight excluding hydrogens is 327 g/mol.